The zero-order valence-electron chi connectivity index (χ0n) is 15.8. The summed E-state index contributed by atoms with van der Waals surface area (Å²) in [5, 5.41) is 4.19. The Morgan fingerprint density at radius 3 is 2.58 bits per heavy atom. The van der Waals surface area contributed by atoms with Crippen molar-refractivity contribution in [3.63, 3.8) is 0 Å². The van der Waals surface area contributed by atoms with Gasteiger partial charge in [-0.2, -0.15) is 4.98 Å². The summed E-state index contributed by atoms with van der Waals surface area (Å²) in [6.45, 7) is 8.57. The molecule has 0 amide bonds. The number of rotatable bonds is 4. The summed E-state index contributed by atoms with van der Waals surface area (Å²) >= 11 is 0. The summed E-state index contributed by atoms with van der Waals surface area (Å²) in [6, 6.07) is 9.04. The molecule has 26 heavy (non-hydrogen) atoms. The molecule has 0 N–H and O–H groups in total. The van der Waals surface area contributed by atoms with E-state index < -0.39 is 0 Å². The van der Waals surface area contributed by atoms with Gasteiger partial charge in [0.1, 0.15) is 0 Å². The fourth-order valence-corrected chi connectivity index (χ4v) is 3.94. The molecule has 1 aliphatic heterocycles. The van der Waals surface area contributed by atoms with Crippen molar-refractivity contribution in [1.82, 2.24) is 19.9 Å². The summed E-state index contributed by atoms with van der Waals surface area (Å²) in [7, 11) is 0. The highest BCUT2D eigenvalue weighted by Crippen LogP contribution is 2.25. The smallest absolute Gasteiger partial charge is 0.244 e. The third-order valence-corrected chi connectivity index (χ3v) is 5.70. The molecule has 2 unspecified atom stereocenters. The highest BCUT2D eigenvalue weighted by molar-refractivity contribution is 5.54. The van der Waals surface area contributed by atoms with Gasteiger partial charge in [0, 0.05) is 37.8 Å². The van der Waals surface area contributed by atoms with E-state index in [0.29, 0.717) is 17.8 Å². The molecule has 138 valence electrons. The first-order valence-corrected chi connectivity index (χ1v) is 9.76. The molecular weight excluding hydrogens is 324 g/mol. The lowest BCUT2D eigenvalue weighted by molar-refractivity contribution is 0.0711. The van der Waals surface area contributed by atoms with Gasteiger partial charge in [-0.3, -0.25) is 9.80 Å². The Morgan fingerprint density at radius 2 is 1.88 bits per heavy atom. The maximum atomic E-state index is 5.58. The number of piperazine rings is 1. The van der Waals surface area contributed by atoms with Gasteiger partial charge in [-0.05, 0) is 33.1 Å². The van der Waals surface area contributed by atoms with E-state index in [2.05, 4.69) is 58.1 Å². The van der Waals surface area contributed by atoms with Crippen LogP contribution < -0.4 is 0 Å². The highest BCUT2D eigenvalue weighted by Gasteiger charge is 2.28. The average molecular weight is 352 g/mol. The molecule has 1 aliphatic carbocycles. The van der Waals surface area contributed by atoms with E-state index in [-0.39, 0.29) is 6.04 Å². The normalized spacial score (nSPS) is 23.2. The van der Waals surface area contributed by atoms with Crippen LogP contribution in [0.5, 0.6) is 0 Å². The first-order chi connectivity index (χ1) is 12.7. The lowest BCUT2D eigenvalue weighted by Gasteiger charge is -2.40. The molecule has 2 heterocycles. The third kappa shape index (κ3) is 3.74. The summed E-state index contributed by atoms with van der Waals surface area (Å²) < 4.78 is 5.58. The molecule has 2 aromatic rings. The molecule has 1 fully saturated rings. The second-order valence-corrected chi connectivity index (χ2v) is 7.50. The number of aromatic nitrogens is 2. The largest absolute Gasteiger partial charge is 0.337 e. The molecule has 0 bridgehead atoms. The molecule has 1 saturated heterocycles. The first-order valence-electron chi connectivity index (χ1n) is 9.76. The maximum absolute atomic E-state index is 5.58. The lowest BCUT2D eigenvalue weighted by Crippen LogP contribution is -2.50. The van der Waals surface area contributed by atoms with Crippen LogP contribution in [0.25, 0.3) is 11.4 Å². The van der Waals surface area contributed by atoms with Crippen LogP contribution >= 0.6 is 0 Å². The third-order valence-electron chi connectivity index (χ3n) is 5.70. The van der Waals surface area contributed by atoms with Crippen molar-refractivity contribution in [2.45, 2.75) is 45.2 Å². The van der Waals surface area contributed by atoms with Gasteiger partial charge in [0.05, 0.1) is 6.04 Å². The molecule has 1 aromatic carbocycles. The monoisotopic (exact) mass is 352 g/mol. The average Bonchev–Trinajstić information content (AvgIpc) is 3.19. The fourth-order valence-electron chi connectivity index (χ4n) is 3.94. The van der Waals surface area contributed by atoms with Crippen LogP contribution in [-0.4, -0.2) is 52.2 Å². The Labute approximate surface area is 155 Å². The minimum Gasteiger partial charge on any atom is -0.337 e. The van der Waals surface area contributed by atoms with E-state index in [4.69, 9.17) is 4.52 Å². The van der Waals surface area contributed by atoms with E-state index in [1.54, 1.807) is 0 Å². The summed E-state index contributed by atoms with van der Waals surface area (Å²) in [6.07, 6.45) is 8.60. The molecule has 5 nitrogen and oxygen atoms in total. The van der Waals surface area contributed by atoms with E-state index >= 15 is 0 Å². The SMILES string of the molecule is Cc1ccc(-c2noc(C(C)N3CCN(C4C=CCCC4)CC3)n2)cc1. The Morgan fingerprint density at radius 1 is 1.12 bits per heavy atom. The van der Waals surface area contributed by atoms with Gasteiger partial charge in [0.15, 0.2) is 0 Å². The molecule has 2 aliphatic rings. The van der Waals surface area contributed by atoms with Crippen LogP contribution in [0.4, 0.5) is 0 Å². The van der Waals surface area contributed by atoms with Crippen molar-refractivity contribution in [1.29, 1.82) is 0 Å². The maximum Gasteiger partial charge on any atom is 0.244 e. The Hall–Kier alpha value is -1.98. The quantitative estimate of drug-likeness (QED) is 0.783. The van der Waals surface area contributed by atoms with Gasteiger partial charge >= 0.3 is 0 Å². The highest BCUT2D eigenvalue weighted by atomic mass is 16.5. The number of allylic oxidation sites excluding steroid dienone is 1. The Kier molecular flexibility index (Phi) is 5.18. The Balaban J connectivity index is 1.38. The number of benzene rings is 1. The summed E-state index contributed by atoms with van der Waals surface area (Å²) in [5.74, 6) is 1.39. The first kappa shape index (κ1) is 17.4. The molecule has 1 aromatic heterocycles. The molecule has 4 rings (SSSR count). The number of hydrogen-bond acceptors (Lipinski definition) is 5. The summed E-state index contributed by atoms with van der Waals surface area (Å²) in [4.78, 5) is 9.72. The van der Waals surface area contributed by atoms with Crippen molar-refractivity contribution >= 4 is 0 Å². The van der Waals surface area contributed by atoms with Crippen LogP contribution in [0.2, 0.25) is 0 Å². The van der Waals surface area contributed by atoms with E-state index in [0.717, 1.165) is 31.7 Å². The molecule has 0 radical (unpaired) electrons. The zero-order valence-corrected chi connectivity index (χ0v) is 15.8. The van der Waals surface area contributed by atoms with E-state index in [1.165, 1.54) is 24.8 Å². The van der Waals surface area contributed by atoms with Crippen molar-refractivity contribution in [2.24, 2.45) is 0 Å². The molecule has 0 spiro atoms. The molecule has 5 heteroatoms. The van der Waals surface area contributed by atoms with Crippen molar-refractivity contribution < 1.29 is 4.52 Å². The number of aryl methyl sites for hydroxylation is 1. The van der Waals surface area contributed by atoms with Crippen LogP contribution in [0.15, 0.2) is 40.9 Å². The van der Waals surface area contributed by atoms with Crippen LogP contribution in [-0.2, 0) is 0 Å². The van der Waals surface area contributed by atoms with Gasteiger partial charge < -0.3 is 4.52 Å². The molecule has 2 atom stereocenters. The van der Waals surface area contributed by atoms with E-state index in [9.17, 15) is 0 Å². The fraction of sp³-hybridized carbons (Fsp3) is 0.524. The minimum absolute atomic E-state index is 0.158. The standard InChI is InChI=1S/C21H28N4O/c1-16-8-10-18(11-9-16)20-22-21(26-23-20)17(2)24-12-14-25(15-13-24)19-6-4-3-5-7-19/h4,6,8-11,17,19H,3,5,7,12-15H2,1-2H3. The van der Waals surface area contributed by atoms with Crippen LogP contribution in [0.1, 0.15) is 43.7 Å². The topological polar surface area (TPSA) is 45.4 Å². The van der Waals surface area contributed by atoms with Crippen molar-refractivity contribution in [3.05, 3.63) is 47.9 Å². The van der Waals surface area contributed by atoms with E-state index in [1.807, 2.05) is 12.1 Å². The zero-order chi connectivity index (χ0) is 17.9. The second kappa shape index (κ2) is 7.72. The molecule has 0 saturated carbocycles. The summed E-state index contributed by atoms with van der Waals surface area (Å²) in [5.41, 5.74) is 2.24. The number of nitrogens with zero attached hydrogens (tertiary/aromatic N) is 4. The Bertz CT molecular complexity index is 744. The lowest BCUT2D eigenvalue weighted by atomic mass is 10.0. The van der Waals surface area contributed by atoms with Crippen LogP contribution in [0, 0.1) is 6.92 Å². The van der Waals surface area contributed by atoms with Crippen molar-refractivity contribution in [2.75, 3.05) is 26.2 Å². The van der Waals surface area contributed by atoms with Gasteiger partial charge in [0.25, 0.3) is 0 Å². The number of hydrogen-bond donors (Lipinski definition) is 0. The van der Waals surface area contributed by atoms with Gasteiger partial charge in [-0.25, -0.2) is 0 Å². The predicted molar refractivity (Wildman–Crippen MR) is 103 cm³/mol. The van der Waals surface area contributed by atoms with Crippen molar-refractivity contribution in [3.8, 4) is 11.4 Å². The van der Waals surface area contributed by atoms with Gasteiger partial charge in [-0.15, -0.1) is 0 Å². The second-order valence-electron chi connectivity index (χ2n) is 7.50. The van der Waals surface area contributed by atoms with Gasteiger partial charge in [0.2, 0.25) is 11.7 Å². The minimum atomic E-state index is 0.158. The van der Waals surface area contributed by atoms with Crippen LogP contribution in [0.3, 0.4) is 0 Å². The predicted octanol–water partition coefficient (Wildman–Crippen LogP) is 3.83. The molecular formula is C21H28N4O. The van der Waals surface area contributed by atoms with Gasteiger partial charge in [-0.1, -0.05) is 47.1 Å².